The van der Waals surface area contributed by atoms with Crippen LogP contribution in [0.5, 0.6) is 11.5 Å². The van der Waals surface area contributed by atoms with Gasteiger partial charge in [0.05, 0.1) is 34.0 Å². The first-order valence-corrected chi connectivity index (χ1v) is 15.4. The highest BCUT2D eigenvalue weighted by Gasteiger charge is 2.39. The summed E-state index contributed by atoms with van der Waals surface area (Å²) in [6.45, 7) is 6.60. The lowest BCUT2D eigenvalue weighted by atomic mass is 9.72. The van der Waals surface area contributed by atoms with Gasteiger partial charge >= 0.3 is 0 Å². The molecule has 9 heteroatoms. The summed E-state index contributed by atoms with van der Waals surface area (Å²) in [4.78, 5) is 25.2. The van der Waals surface area contributed by atoms with Gasteiger partial charge in [0, 0.05) is 29.1 Å². The predicted molar refractivity (Wildman–Crippen MR) is 162 cm³/mol. The van der Waals surface area contributed by atoms with Gasteiger partial charge in [-0.1, -0.05) is 41.4 Å². The number of hydrogen-bond donors (Lipinski definition) is 2. The fraction of sp³-hybridized carbons (Fsp3) is 0.387. The second kappa shape index (κ2) is 13.5. The van der Waals surface area contributed by atoms with E-state index < -0.39 is 5.92 Å². The monoisotopic (exact) mass is 669 g/mol. The van der Waals surface area contributed by atoms with Crippen LogP contribution in [-0.2, 0) is 16.2 Å². The molecule has 0 bridgehead atoms. The number of carbonyl (C=O) groups is 2. The minimum absolute atomic E-state index is 0.0961. The number of dihydropyridines is 1. The molecule has 2 aromatic carbocycles. The zero-order chi connectivity index (χ0) is 28.8. The number of Topliss-reactive ketones (excluding diaryl/α,β-unsaturated/α-hetero) is 1. The average Bonchev–Trinajstić information content (AvgIpc) is 2.92. The lowest BCUT2D eigenvalue weighted by Gasteiger charge is -2.35. The second-order valence-corrected chi connectivity index (χ2v) is 11.4. The van der Waals surface area contributed by atoms with Crippen molar-refractivity contribution in [2.24, 2.45) is 5.92 Å². The smallest absolute Gasteiger partial charge is 0.235 e. The fourth-order valence-corrected chi connectivity index (χ4v) is 6.17. The van der Waals surface area contributed by atoms with Crippen LogP contribution in [0.25, 0.3) is 0 Å². The molecule has 40 heavy (non-hydrogen) atoms. The predicted octanol–water partition coefficient (Wildman–Crippen LogP) is 7.28. The Morgan fingerprint density at radius 2 is 2.00 bits per heavy atom. The normalized spacial score (nSPS) is 18.6. The maximum Gasteiger partial charge on any atom is 0.235 e. The van der Waals surface area contributed by atoms with Crippen LogP contribution < -0.4 is 20.1 Å². The molecule has 1 aliphatic carbocycles. The topological polar surface area (TPSA) is 100 Å². The van der Waals surface area contributed by atoms with Crippen molar-refractivity contribution in [1.29, 1.82) is 5.26 Å². The number of nitrogens with one attached hydrogen (secondary N) is 2. The minimum atomic E-state index is -0.476. The Labute approximate surface area is 252 Å². The fourth-order valence-electron chi connectivity index (χ4n) is 5.46. The van der Waals surface area contributed by atoms with Crippen LogP contribution in [0.3, 0.4) is 0 Å². The van der Waals surface area contributed by atoms with Crippen LogP contribution in [0.15, 0.2) is 63.4 Å². The Morgan fingerprint density at radius 1 is 1.20 bits per heavy atom. The van der Waals surface area contributed by atoms with Gasteiger partial charge in [-0.3, -0.25) is 9.59 Å². The molecular weight excluding hydrogens is 638 g/mol. The van der Waals surface area contributed by atoms with Gasteiger partial charge in [-0.15, -0.1) is 0 Å². The molecule has 2 atom stereocenters. The SMILES string of the molecule is CCCC1CC(=O)C2=C(C1)NC(C)=C(C#N)C2c1cc(Br)c(OCc2cccc(NC(=O)CBr)c2)c(OCC)c1. The molecule has 1 aliphatic heterocycles. The van der Waals surface area contributed by atoms with Crippen molar-refractivity contribution in [2.75, 3.05) is 17.3 Å². The summed E-state index contributed by atoms with van der Waals surface area (Å²) in [5.41, 5.74) is 5.28. The van der Waals surface area contributed by atoms with Gasteiger partial charge in [-0.25, -0.2) is 0 Å². The van der Waals surface area contributed by atoms with E-state index in [1.807, 2.05) is 50.2 Å². The number of ether oxygens (including phenoxy) is 2. The van der Waals surface area contributed by atoms with E-state index in [0.717, 1.165) is 41.8 Å². The number of nitriles is 1. The summed E-state index contributed by atoms with van der Waals surface area (Å²) in [5, 5.41) is 16.5. The van der Waals surface area contributed by atoms with E-state index >= 15 is 0 Å². The number of alkyl halides is 1. The molecular formula is C31H33Br2N3O4. The summed E-state index contributed by atoms with van der Waals surface area (Å²) < 4.78 is 12.9. The molecule has 2 unspecified atom stereocenters. The van der Waals surface area contributed by atoms with Crippen molar-refractivity contribution in [3.63, 3.8) is 0 Å². The highest BCUT2D eigenvalue weighted by molar-refractivity contribution is 9.10. The molecule has 0 spiro atoms. The van der Waals surface area contributed by atoms with Gasteiger partial charge in [-0.05, 0) is 83.9 Å². The number of carbonyl (C=O) groups excluding carboxylic acids is 2. The number of ketones is 1. The van der Waals surface area contributed by atoms with E-state index in [9.17, 15) is 14.9 Å². The van der Waals surface area contributed by atoms with Gasteiger partial charge in [0.25, 0.3) is 0 Å². The summed E-state index contributed by atoms with van der Waals surface area (Å²) in [6, 6.07) is 13.6. The zero-order valence-electron chi connectivity index (χ0n) is 22.9. The first-order valence-electron chi connectivity index (χ1n) is 13.5. The largest absolute Gasteiger partial charge is 0.490 e. The molecule has 7 nitrogen and oxygen atoms in total. The number of allylic oxidation sites excluding steroid dienone is 4. The van der Waals surface area contributed by atoms with E-state index in [-0.39, 0.29) is 23.6 Å². The molecule has 0 aromatic heterocycles. The summed E-state index contributed by atoms with van der Waals surface area (Å²) in [6.07, 6.45) is 3.33. The Hall–Kier alpha value is -3.09. The van der Waals surface area contributed by atoms with Crippen molar-refractivity contribution in [3.8, 4) is 17.6 Å². The first-order chi connectivity index (χ1) is 19.3. The van der Waals surface area contributed by atoms with Gasteiger partial charge in [0.2, 0.25) is 5.91 Å². The van der Waals surface area contributed by atoms with E-state index in [0.29, 0.717) is 51.8 Å². The van der Waals surface area contributed by atoms with Crippen LogP contribution in [-0.4, -0.2) is 23.6 Å². The number of amides is 1. The molecule has 0 radical (unpaired) electrons. The molecule has 0 fully saturated rings. The van der Waals surface area contributed by atoms with Crippen molar-refractivity contribution < 1.29 is 19.1 Å². The van der Waals surface area contributed by atoms with E-state index in [1.54, 1.807) is 0 Å². The van der Waals surface area contributed by atoms with Crippen molar-refractivity contribution in [2.45, 2.75) is 59.0 Å². The molecule has 0 saturated carbocycles. The Morgan fingerprint density at radius 3 is 2.70 bits per heavy atom. The number of hydrogen-bond acceptors (Lipinski definition) is 6. The van der Waals surface area contributed by atoms with Gasteiger partial charge < -0.3 is 20.1 Å². The van der Waals surface area contributed by atoms with Gasteiger partial charge in [0.15, 0.2) is 17.3 Å². The molecule has 1 amide bonds. The number of benzene rings is 2. The van der Waals surface area contributed by atoms with Gasteiger partial charge in [0.1, 0.15) is 6.61 Å². The molecule has 0 saturated heterocycles. The van der Waals surface area contributed by atoms with Crippen molar-refractivity contribution in [1.82, 2.24) is 5.32 Å². The summed E-state index contributed by atoms with van der Waals surface area (Å²) >= 11 is 6.83. The van der Waals surface area contributed by atoms with Gasteiger partial charge in [-0.2, -0.15) is 5.26 Å². The first kappa shape index (κ1) is 29.9. The van der Waals surface area contributed by atoms with Crippen molar-refractivity contribution >= 4 is 49.2 Å². The maximum absolute atomic E-state index is 13.5. The lowest BCUT2D eigenvalue weighted by Crippen LogP contribution is -2.34. The van der Waals surface area contributed by atoms with E-state index in [4.69, 9.17) is 9.47 Å². The number of nitrogens with zero attached hydrogens (tertiary/aromatic N) is 1. The Balaban J connectivity index is 1.68. The summed E-state index contributed by atoms with van der Waals surface area (Å²) in [5.74, 6) is 0.853. The molecule has 1 heterocycles. The third-order valence-electron chi connectivity index (χ3n) is 7.11. The Bertz CT molecular complexity index is 1410. The van der Waals surface area contributed by atoms with E-state index in [2.05, 4.69) is 55.5 Å². The highest BCUT2D eigenvalue weighted by Crippen LogP contribution is 2.47. The number of halogens is 2. The van der Waals surface area contributed by atoms with Crippen LogP contribution in [0, 0.1) is 17.2 Å². The molecule has 2 aromatic rings. The molecule has 210 valence electrons. The van der Waals surface area contributed by atoms with E-state index in [1.165, 1.54) is 0 Å². The average molecular weight is 671 g/mol. The van der Waals surface area contributed by atoms with Crippen LogP contribution in [0.2, 0.25) is 0 Å². The molecule has 2 N–H and O–H groups in total. The zero-order valence-corrected chi connectivity index (χ0v) is 26.1. The quantitative estimate of drug-likeness (QED) is 0.258. The number of anilines is 1. The van der Waals surface area contributed by atoms with Crippen LogP contribution >= 0.6 is 31.9 Å². The standard InChI is InChI=1S/C31H33Br2N3O4/c1-4-7-19-11-25-30(26(37)12-19)29(23(16-34)18(3)35-25)21-13-24(33)31(27(14-21)39-5-2)40-17-20-8-6-9-22(10-20)36-28(38)15-32/h6,8-10,13-14,19,29,35H,4-5,7,11-12,15,17H2,1-3H3,(H,36,38). The summed E-state index contributed by atoms with van der Waals surface area (Å²) in [7, 11) is 0. The van der Waals surface area contributed by atoms with Crippen LogP contribution in [0.4, 0.5) is 5.69 Å². The Kier molecular flexibility index (Phi) is 10.1. The third-order valence-corrected chi connectivity index (χ3v) is 8.21. The molecule has 2 aliphatic rings. The third kappa shape index (κ3) is 6.61. The lowest BCUT2D eigenvalue weighted by molar-refractivity contribution is -0.117. The molecule has 4 rings (SSSR count). The maximum atomic E-state index is 13.5. The second-order valence-electron chi connectivity index (χ2n) is 10.0. The van der Waals surface area contributed by atoms with Crippen molar-refractivity contribution in [3.05, 3.63) is 74.5 Å². The van der Waals surface area contributed by atoms with Crippen LogP contribution in [0.1, 0.15) is 63.5 Å². The number of rotatable bonds is 10. The highest BCUT2D eigenvalue weighted by atomic mass is 79.9. The minimum Gasteiger partial charge on any atom is -0.490 e.